The lowest BCUT2D eigenvalue weighted by atomic mass is 9.92. The standard InChI is InChI=1S/C21H25NO4S/c1-14(2)11-17(21(25)26)22-20(24)16(12-15-7-4-3-5-8-15)13-18(23)19-9-6-10-27-19/h3-10,14,16-17H,11-13H2,1-2H3,(H,22,24)(H,25,26)/t16-,17+/m1/s1. The molecular formula is C21H25NO4S. The molecule has 1 aromatic heterocycles. The second kappa shape index (κ2) is 10.0. The van der Waals surface area contributed by atoms with Crippen molar-refractivity contribution in [1.29, 1.82) is 0 Å². The van der Waals surface area contributed by atoms with Crippen LogP contribution in [-0.4, -0.2) is 28.8 Å². The Morgan fingerprint density at radius 3 is 2.33 bits per heavy atom. The lowest BCUT2D eigenvalue weighted by Crippen LogP contribution is -2.45. The first-order valence-corrected chi connectivity index (χ1v) is 9.88. The highest BCUT2D eigenvalue weighted by molar-refractivity contribution is 7.12. The number of aliphatic carboxylic acids is 1. The van der Waals surface area contributed by atoms with Gasteiger partial charge in [0.05, 0.1) is 4.88 Å². The smallest absolute Gasteiger partial charge is 0.326 e. The van der Waals surface area contributed by atoms with Crippen LogP contribution in [0.1, 0.15) is 41.9 Å². The van der Waals surface area contributed by atoms with Crippen molar-refractivity contribution in [2.24, 2.45) is 11.8 Å². The summed E-state index contributed by atoms with van der Waals surface area (Å²) in [5.74, 6) is -2.03. The molecule has 0 unspecified atom stereocenters. The van der Waals surface area contributed by atoms with Gasteiger partial charge in [0.25, 0.3) is 0 Å². The maximum absolute atomic E-state index is 12.8. The summed E-state index contributed by atoms with van der Waals surface area (Å²) in [5.41, 5.74) is 0.937. The predicted molar refractivity (Wildman–Crippen MR) is 106 cm³/mol. The van der Waals surface area contributed by atoms with Crippen LogP contribution >= 0.6 is 11.3 Å². The lowest BCUT2D eigenvalue weighted by Gasteiger charge is -2.21. The number of benzene rings is 1. The molecule has 0 aliphatic carbocycles. The van der Waals surface area contributed by atoms with Crippen LogP contribution in [-0.2, 0) is 16.0 Å². The fraction of sp³-hybridized carbons (Fsp3) is 0.381. The Bertz CT molecular complexity index is 756. The van der Waals surface area contributed by atoms with Crippen molar-refractivity contribution >= 4 is 29.0 Å². The van der Waals surface area contributed by atoms with E-state index in [0.29, 0.717) is 17.7 Å². The number of rotatable bonds is 10. The normalized spacial score (nSPS) is 13.1. The first kappa shape index (κ1) is 20.8. The number of carbonyl (C=O) groups excluding carboxylic acids is 2. The molecule has 1 heterocycles. The van der Waals surface area contributed by atoms with Crippen LogP contribution in [0, 0.1) is 11.8 Å². The minimum Gasteiger partial charge on any atom is -0.480 e. The van der Waals surface area contributed by atoms with Crippen molar-refractivity contribution in [3.63, 3.8) is 0 Å². The first-order chi connectivity index (χ1) is 12.9. The van der Waals surface area contributed by atoms with E-state index in [1.165, 1.54) is 11.3 Å². The van der Waals surface area contributed by atoms with Crippen LogP contribution in [0.5, 0.6) is 0 Å². The SMILES string of the molecule is CC(C)C[C@H](NC(=O)[C@@H](CC(=O)c1cccs1)Cc1ccccc1)C(=O)O. The van der Waals surface area contributed by atoms with Crippen LogP contribution in [0.15, 0.2) is 47.8 Å². The van der Waals surface area contributed by atoms with Crippen LogP contribution in [0.4, 0.5) is 0 Å². The van der Waals surface area contributed by atoms with Crippen molar-refractivity contribution in [2.75, 3.05) is 0 Å². The van der Waals surface area contributed by atoms with E-state index in [1.807, 2.05) is 49.6 Å². The number of carboxylic acid groups (broad SMARTS) is 1. The van der Waals surface area contributed by atoms with Gasteiger partial charge in [-0.3, -0.25) is 9.59 Å². The topological polar surface area (TPSA) is 83.5 Å². The van der Waals surface area contributed by atoms with Crippen molar-refractivity contribution in [3.05, 3.63) is 58.3 Å². The molecule has 1 aromatic carbocycles. The van der Waals surface area contributed by atoms with E-state index in [2.05, 4.69) is 5.32 Å². The van der Waals surface area contributed by atoms with Gasteiger partial charge in [-0.05, 0) is 35.8 Å². The summed E-state index contributed by atoms with van der Waals surface area (Å²) in [6.07, 6.45) is 0.783. The van der Waals surface area contributed by atoms with E-state index in [1.54, 1.807) is 12.1 Å². The number of carboxylic acids is 1. The fourth-order valence-electron chi connectivity index (χ4n) is 2.90. The largest absolute Gasteiger partial charge is 0.480 e. The molecule has 2 atom stereocenters. The van der Waals surface area contributed by atoms with Crippen LogP contribution in [0.25, 0.3) is 0 Å². The predicted octanol–water partition coefficient (Wildman–Crippen LogP) is 3.80. The zero-order valence-electron chi connectivity index (χ0n) is 15.6. The van der Waals surface area contributed by atoms with Gasteiger partial charge in [0, 0.05) is 12.3 Å². The Hall–Kier alpha value is -2.47. The minimum absolute atomic E-state index is 0.0509. The van der Waals surface area contributed by atoms with Crippen LogP contribution < -0.4 is 5.32 Å². The maximum Gasteiger partial charge on any atom is 0.326 e. The van der Waals surface area contributed by atoms with Crippen LogP contribution in [0.3, 0.4) is 0 Å². The summed E-state index contributed by atoms with van der Waals surface area (Å²) in [6, 6.07) is 12.0. The van der Waals surface area contributed by atoms with Gasteiger partial charge in [-0.1, -0.05) is 50.2 Å². The number of hydrogen-bond donors (Lipinski definition) is 2. The summed E-state index contributed by atoms with van der Waals surface area (Å²) in [5, 5.41) is 13.8. The number of nitrogens with one attached hydrogen (secondary N) is 1. The molecule has 0 saturated carbocycles. The Kier molecular flexibility index (Phi) is 7.73. The van der Waals surface area contributed by atoms with Gasteiger partial charge in [0.1, 0.15) is 6.04 Å². The van der Waals surface area contributed by atoms with Gasteiger partial charge in [-0.2, -0.15) is 0 Å². The van der Waals surface area contributed by atoms with Gasteiger partial charge in [0.2, 0.25) is 5.91 Å². The van der Waals surface area contributed by atoms with Crippen molar-refractivity contribution in [1.82, 2.24) is 5.32 Å². The lowest BCUT2D eigenvalue weighted by molar-refractivity contribution is -0.142. The van der Waals surface area contributed by atoms with E-state index in [-0.39, 0.29) is 18.1 Å². The minimum atomic E-state index is -1.06. The van der Waals surface area contributed by atoms with Gasteiger partial charge in [0.15, 0.2) is 5.78 Å². The molecule has 5 nitrogen and oxygen atoms in total. The van der Waals surface area contributed by atoms with E-state index in [4.69, 9.17) is 0 Å². The zero-order valence-corrected chi connectivity index (χ0v) is 16.4. The molecule has 0 aliphatic rings. The molecular weight excluding hydrogens is 362 g/mol. The molecule has 1 amide bonds. The molecule has 0 saturated heterocycles. The molecule has 2 rings (SSSR count). The number of ketones is 1. The maximum atomic E-state index is 12.8. The number of thiophene rings is 1. The van der Waals surface area contributed by atoms with Gasteiger partial charge in [-0.15, -0.1) is 11.3 Å². The Morgan fingerprint density at radius 2 is 1.78 bits per heavy atom. The molecule has 6 heteroatoms. The van der Waals surface area contributed by atoms with E-state index >= 15 is 0 Å². The third kappa shape index (κ3) is 6.64. The number of carbonyl (C=O) groups is 3. The molecule has 27 heavy (non-hydrogen) atoms. The summed E-state index contributed by atoms with van der Waals surface area (Å²) in [6.45, 7) is 3.81. The molecule has 0 radical (unpaired) electrons. The van der Waals surface area contributed by atoms with E-state index in [9.17, 15) is 19.5 Å². The average molecular weight is 388 g/mol. The third-order valence-electron chi connectivity index (χ3n) is 4.25. The van der Waals surface area contributed by atoms with E-state index < -0.39 is 23.8 Å². The molecule has 144 valence electrons. The summed E-state index contributed by atoms with van der Waals surface area (Å²) < 4.78 is 0. The number of hydrogen-bond acceptors (Lipinski definition) is 4. The van der Waals surface area contributed by atoms with Gasteiger partial charge in [-0.25, -0.2) is 4.79 Å². The summed E-state index contributed by atoms with van der Waals surface area (Å²) in [7, 11) is 0. The molecule has 0 bridgehead atoms. The Morgan fingerprint density at radius 1 is 1.07 bits per heavy atom. The summed E-state index contributed by atoms with van der Waals surface area (Å²) in [4.78, 5) is 37.4. The van der Waals surface area contributed by atoms with Crippen molar-refractivity contribution in [3.8, 4) is 0 Å². The molecule has 0 aliphatic heterocycles. The van der Waals surface area contributed by atoms with Crippen molar-refractivity contribution < 1.29 is 19.5 Å². The molecule has 2 N–H and O–H groups in total. The number of Topliss-reactive ketones (excluding diaryl/α,β-unsaturated/α-hetero) is 1. The molecule has 2 aromatic rings. The monoisotopic (exact) mass is 387 g/mol. The van der Waals surface area contributed by atoms with Gasteiger partial charge >= 0.3 is 5.97 Å². The fourth-order valence-corrected chi connectivity index (χ4v) is 3.58. The highest BCUT2D eigenvalue weighted by Crippen LogP contribution is 2.19. The quantitative estimate of drug-likeness (QED) is 0.608. The molecule has 0 spiro atoms. The Labute approximate surface area is 163 Å². The highest BCUT2D eigenvalue weighted by atomic mass is 32.1. The second-order valence-corrected chi connectivity index (χ2v) is 7.97. The third-order valence-corrected chi connectivity index (χ3v) is 5.16. The first-order valence-electron chi connectivity index (χ1n) is 9.00. The number of amides is 1. The van der Waals surface area contributed by atoms with Crippen LogP contribution in [0.2, 0.25) is 0 Å². The van der Waals surface area contributed by atoms with E-state index in [0.717, 1.165) is 5.56 Å². The Balaban J connectivity index is 2.15. The van der Waals surface area contributed by atoms with Crippen molar-refractivity contribution in [2.45, 2.75) is 39.2 Å². The second-order valence-electron chi connectivity index (χ2n) is 7.02. The zero-order chi connectivity index (χ0) is 19.8. The summed E-state index contributed by atoms with van der Waals surface area (Å²) >= 11 is 1.34. The molecule has 0 fully saturated rings. The average Bonchev–Trinajstić information content (AvgIpc) is 3.15. The highest BCUT2D eigenvalue weighted by Gasteiger charge is 2.28. The van der Waals surface area contributed by atoms with Gasteiger partial charge < -0.3 is 10.4 Å².